The molecular formula is C24H22FN3O4. The second-order valence-corrected chi connectivity index (χ2v) is 7.94. The number of halogens is 1. The van der Waals surface area contributed by atoms with Crippen LogP contribution in [-0.2, 0) is 6.42 Å². The zero-order valence-electron chi connectivity index (χ0n) is 17.6. The summed E-state index contributed by atoms with van der Waals surface area (Å²) >= 11 is 0. The van der Waals surface area contributed by atoms with Crippen LogP contribution in [0.1, 0.15) is 29.3 Å². The molecule has 0 N–H and O–H groups in total. The number of furan rings is 1. The number of hydrogen-bond acceptors (Lipinski definition) is 6. The Labute approximate surface area is 183 Å². The number of hydrogen-bond donors (Lipinski definition) is 0. The van der Waals surface area contributed by atoms with Crippen LogP contribution in [0.3, 0.4) is 0 Å². The van der Waals surface area contributed by atoms with E-state index in [1.165, 1.54) is 6.07 Å². The van der Waals surface area contributed by atoms with Crippen LogP contribution in [0.25, 0.3) is 22.4 Å². The first-order valence-electron chi connectivity index (χ1n) is 10.6. The maximum absolute atomic E-state index is 14.0. The summed E-state index contributed by atoms with van der Waals surface area (Å²) in [5.74, 6) is 1.20. The molecule has 32 heavy (non-hydrogen) atoms. The zero-order valence-corrected chi connectivity index (χ0v) is 17.6. The minimum Gasteiger partial charge on any atom is -0.493 e. The molecule has 1 atom stereocenters. The average molecular weight is 435 g/mol. The lowest BCUT2D eigenvalue weighted by atomic mass is 9.94. The number of para-hydroxylation sites is 1. The van der Waals surface area contributed by atoms with E-state index >= 15 is 0 Å². The van der Waals surface area contributed by atoms with Crippen molar-refractivity contribution in [2.24, 2.45) is 5.92 Å². The molecule has 2 aromatic carbocycles. The second kappa shape index (κ2) is 8.45. The van der Waals surface area contributed by atoms with Gasteiger partial charge >= 0.3 is 0 Å². The maximum Gasteiger partial charge on any atom is 0.289 e. The number of methoxy groups -OCH3 is 1. The number of carbonyl (C=O) groups excluding carboxylic acids is 1. The molecule has 1 saturated heterocycles. The molecule has 164 valence electrons. The van der Waals surface area contributed by atoms with Gasteiger partial charge in [-0.05, 0) is 43.0 Å². The zero-order chi connectivity index (χ0) is 22.1. The number of piperidine rings is 1. The Morgan fingerprint density at radius 1 is 1.25 bits per heavy atom. The lowest BCUT2D eigenvalue weighted by Gasteiger charge is -2.31. The molecule has 0 radical (unpaired) electrons. The van der Waals surface area contributed by atoms with Gasteiger partial charge in [-0.15, -0.1) is 0 Å². The Kier molecular flexibility index (Phi) is 5.34. The highest BCUT2D eigenvalue weighted by atomic mass is 19.1. The predicted octanol–water partition coefficient (Wildman–Crippen LogP) is 4.73. The summed E-state index contributed by atoms with van der Waals surface area (Å²) in [7, 11) is 1.57. The fourth-order valence-electron chi connectivity index (χ4n) is 4.21. The van der Waals surface area contributed by atoms with Gasteiger partial charge in [-0.2, -0.15) is 4.98 Å². The van der Waals surface area contributed by atoms with Crippen molar-refractivity contribution >= 4 is 16.9 Å². The van der Waals surface area contributed by atoms with Gasteiger partial charge in [-0.1, -0.05) is 29.4 Å². The molecule has 3 heterocycles. The Morgan fingerprint density at radius 2 is 2.12 bits per heavy atom. The topological polar surface area (TPSA) is 81.6 Å². The van der Waals surface area contributed by atoms with Gasteiger partial charge in [0, 0.05) is 24.9 Å². The molecule has 5 rings (SSSR count). The van der Waals surface area contributed by atoms with Gasteiger partial charge in [0.25, 0.3) is 5.91 Å². The van der Waals surface area contributed by atoms with Gasteiger partial charge < -0.3 is 18.6 Å². The highest BCUT2D eigenvalue weighted by Gasteiger charge is 2.28. The molecule has 1 aliphatic heterocycles. The standard InChI is InChI=1S/C24H22FN3O4/c1-30-19-10-4-7-16-13-20(31-22(16)19)24(29)28-11-5-6-15(14-28)12-21-26-23(27-32-21)17-8-2-3-9-18(17)25/h2-4,7-10,13,15H,5-6,11-12,14H2,1H3. The number of likely N-dealkylation sites (tertiary alicyclic amines) is 1. The first kappa shape index (κ1) is 20.2. The predicted molar refractivity (Wildman–Crippen MR) is 115 cm³/mol. The molecule has 0 spiro atoms. The third-order valence-corrected chi connectivity index (χ3v) is 5.79. The van der Waals surface area contributed by atoms with E-state index in [-0.39, 0.29) is 17.6 Å². The number of ether oxygens (including phenoxy) is 1. The van der Waals surface area contributed by atoms with Gasteiger partial charge in [-0.3, -0.25) is 4.79 Å². The molecule has 1 unspecified atom stereocenters. The van der Waals surface area contributed by atoms with Crippen molar-refractivity contribution in [2.45, 2.75) is 19.3 Å². The van der Waals surface area contributed by atoms with Crippen LogP contribution in [0.4, 0.5) is 4.39 Å². The van der Waals surface area contributed by atoms with Crippen LogP contribution in [0, 0.1) is 11.7 Å². The van der Waals surface area contributed by atoms with E-state index in [0.717, 1.165) is 18.2 Å². The summed E-state index contributed by atoms with van der Waals surface area (Å²) < 4.78 is 30.5. The van der Waals surface area contributed by atoms with Gasteiger partial charge in [-0.25, -0.2) is 4.39 Å². The van der Waals surface area contributed by atoms with Crippen molar-refractivity contribution in [2.75, 3.05) is 20.2 Å². The normalized spacial score (nSPS) is 16.4. The first-order valence-corrected chi connectivity index (χ1v) is 10.6. The molecule has 0 aliphatic carbocycles. The third-order valence-electron chi connectivity index (χ3n) is 5.79. The molecule has 2 aromatic heterocycles. The number of nitrogens with zero attached hydrogens (tertiary/aromatic N) is 3. The smallest absolute Gasteiger partial charge is 0.289 e. The van der Waals surface area contributed by atoms with E-state index in [1.807, 2.05) is 12.1 Å². The SMILES string of the molecule is COc1cccc2cc(C(=O)N3CCCC(Cc4nc(-c5ccccc5F)no4)C3)oc12. The fourth-order valence-corrected chi connectivity index (χ4v) is 4.21. The van der Waals surface area contributed by atoms with E-state index in [4.69, 9.17) is 13.7 Å². The summed E-state index contributed by atoms with van der Waals surface area (Å²) in [6.07, 6.45) is 2.34. The highest BCUT2D eigenvalue weighted by molar-refractivity contribution is 5.97. The van der Waals surface area contributed by atoms with Gasteiger partial charge in [0.1, 0.15) is 5.82 Å². The Bertz CT molecular complexity index is 1270. The summed E-state index contributed by atoms with van der Waals surface area (Å²) in [5.41, 5.74) is 0.877. The minimum atomic E-state index is -0.392. The van der Waals surface area contributed by atoms with Crippen LogP contribution >= 0.6 is 0 Å². The van der Waals surface area contributed by atoms with Crippen molar-refractivity contribution in [1.29, 1.82) is 0 Å². The number of fused-ring (bicyclic) bond motifs is 1. The van der Waals surface area contributed by atoms with Crippen molar-refractivity contribution in [3.63, 3.8) is 0 Å². The van der Waals surface area contributed by atoms with E-state index < -0.39 is 5.82 Å². The lowest BCUT2D eigenvalue weighted by molar-refractivity contribution is 0.0638. The number of aromatic nitrogens is 2. The number of benzene rings is 2. The van der Waals surface area contributed by atoms with Crippen molar-refractivity contribution < 1.29 is 22.9 Å². The van der Waals surface area contributed by atoms with Gasteiger partial charge in [0.15, 0.2) is 17.1 Å². The first-order chi connectivity index (χ1) is 15.6. The van der Waals surface area contributed by atoms with E-state index in [1.54, 1.807) is 42.3 Å². The van der Waals surface area contributed by atoms with Crippen LogP contribution in [0.15, 0.2) is 57.5 Å². The third kappa shape index (κ3) is 3.84. The molecule has 8 heteroatoms. The van der Waals surface area contributed by atoms with Crippen LogP contribution in [0.5, 0.6) is 5.75 Å². The molecule has 4 aromatic rings. The van der Waals surface area contributed by atoms with Crippen LogP contribution in [0.2, 0.25) is 0 Å². The largest absolute Gasteiger partial charge is 0.493 e. The summed E-state index contributed by atoms with van der Waals surface area (Å²) in [5, 5.41) is 4.75. The van der Waals surface area contributed by atoms with E-state index in [0.29, 0.717) is 48.1 Å². The molecule has 1 aliphatic rings. The van der Waals surface area contributed by atoms with Crippen LogP contribution < -0.4 is 4.74 Å². The second-order valence-electron chi connectivity index (χ2n) is 7.94. The number of amides is 1. The van der Waals surface area contributed by atoms with Crippen molar-refractivity contribution in [3.05, 3.63) is 66.0 Å². The fraction of sp³-hybridized carbons (Fsp3) is 0.292. The molecule has 1 fully saturated rings. The molecule has 7 nitrogen and oxygen atoms in total. The van der Waals surface area contributed by atoms with Gasteiger partial charge in [0.2, 0.25) is 11.7 Å². The van der Waals surface area contributed by atoms with Crippen molar-refractivity contribution in [1.82, 2.24) is 15.0 Å². The maximum atomic E-state index is 14.0. The van der Waals surface area contributed by atoms with E-state index in [2.05, 4.69) is 10.1 Å². The molecule has 0 saturated carbocycles. The summed E-state index contributed by atoms with van der Waals surface area (Å²) in [6.45, 7) is 1.22. The summed E-state index contributed by atoms with van der Waals surface area (Å²) in [4.78, 5) is 19.2. The number of rotatable bonds is 5. The van der Waals surface area contributed by atoms with Gasteiger partial charge in [0.05, 0.1) is 12.7 Å². The number of carbonyl (C=O) groups is 1. The Hall–Kier alpha value is -3.68. The summed E-state index contributed by atoms with van der Waals surface area (Å²) in [6, 6.07) is 13.6. The highest BCUT2D eigenvalue weighted by Crippen LogP contribution is 2.30. The Balaban J connectivity index is 1.29. The molecular weight excluding hydrogens is 413 g/mol. The van der Waals surface area contributed by atoms with Crippen LogP contribution in [-0.4, -0.2) is 41.1 Å². The van der Waals surface area contributed by atoms with E-state index in [9.17, 15) is 9.18 Å². The lowest BCUT2D eigenvalue weighted by Crippen LogP contribution is -2.40. The minimum absolute atomic E-state index is 0.148. The molecule has 1 amide bonds. The Morgan fingerprint density at radius 3 is 2.97 bits per heavy atom. The average Bonchev–Trinajstić information content (AvgIpc) is 3.46. The monoisotopic (exact) mass is 435 g/mol. The molecule has 0 bridgehead atoms. The van der Waals surface area contributed by atoms with Crippen molar-refractivity contribution in [3.8, 4) is 17.1 Å². The quantitative estimate of drug-likeness (QED) is 0.451.